The van der Waals surface area contributed by atoms with Gasteiger partial charge in [-0.25, -0.2) is 0 Å². The molecule has 1 aromatic rings. The van der Waals surface area contributed by atoms with Gasteiger partial charge in [0.05, 0.1) is 11.4 Å². The molecule has 2 N–H and O–H groups in total. The lowest BCUT2D eigenvalue weighted by Crippen LogP contribution is -2.49. The van der Waals surface area contributed by atoms with Gasteiger partial charge in [-0.1, -0.05) is 39.8 Å². The summed E-state index contributed by atoms with van der Waals surface area (Å²) in [6, 6.07) is 9.48. The van der Waals surface area contributed by atoms with E-state index in [-0.39, 0.29) is 0 Å². The van der Waals surface area contributed by atoms with Gasteiger partial charge in [0.1, 0.15) is 0 Å². The quantitative estimate of drug-likeness (QED) is 0.793. The van der Waals surface area contributed by atoms with Gasteiger partial charge in [0.2, 0.25) is 0 Å². The number of nitrogens with one attached hydrogen (secondary N) is 2. The molecule has 16 heavy (non-hydrogen) atoms. The second-order valence-corrected chi connectivity index (χ2v) is 5.37. The molecule has 0 bridgehead atoms. The summed E-state index contributed by atoms with van der Waals surface area (Å²) in [6.07, 6.45) is 0. The maximum atomic E-state index is 3.67. The van der Waals surface area contributed by atoms with E-state index in [0.29, 0.717) is 23.9 Å². The van der Waals surface area contributed by atoms with Crippen LogP contribution in [0.25, 0.3) is 0 Å². The van der Waals surface area contributed by atoms with Gasteiger partial charge in [0.15, 0.2) is 0 Å². The van der Waals surface area contributed by atoms with Crippen molar-refractivity contribution in [3.8, 4) is 0 Å². The lowest BCUT2D eigenvalue weighted by atomic mass is 9.86. The number of hydrogen-bond acceptors (Lipinski definition) is 2. The number of para-hydroxylation sites is 2. The molecule has 2 rings (SSSR count). The molecule has 1 aliphatic heterocycles. The highest BCUT2D eigenvalue weighted by Crippen LogP contribution is 2.32. The Bertz CT molecular complexity index is 323. The first kappa shape index (κ1) is 11.3. The van der Waals surface area contributed by atoms with Crippen molar-refractivity contribution >= 4 is 11.4 Å². The molecule has 2 nitrogen and oxygen atoms in total. The summed E-state index contributed by atoms with van der Waals surface area (Å²) in [4.78, 5) is 0. The molecule has 0 amide bonds. The lowest BCUT2D eigenvalue weighted by molar-refractivity contribution is 0.383. The van der Waals surface area contributed by atoms with E-state index in [1.165, 1.54) is 11.4 Å². The van der Waals surface area contributed by atoms with E-state index in [2.05, 4.69) is 62.6 Å². The normalized spacial score (nSPS) is 23.9. The molecular formula is C14H22N2. The summed E-state index contributed by atoms with van der Waals surface area (Å²) >= 11 is 0. The first-order chi connectivity index (χ1) is 7.59. The second-order valence-electron chi connectivity index (χ2n) is 5.37. The maximum absolute atomic E-state index is 3.67. The minimum Gasteiger partial charge on any atom is -0.378 e. The van der Waals surface area contributed by atoms with Crippen LogP contribution in [0.3, 0.4) is 0 Å². The number of anilines is 2. The molecule has 2 atom stereocenters. The van der Waals surface area contributed by atoms with E-state index < -0.39 is 0 Å². The van der Waals surface area contributed by atoms with Gasteiger partial charge >= 0.3 is 0 Å². The van der Waals surface area contributed by atoms with Crippen molar-refractivity contribution in [2.75, 3.05) is 10.6 Å². The smallest absolute Gasteiger partial charge is 0.0579 e. The summed E-state index contributed by atoms with van der Waals surface area (Å²) in [6.45, 7) is 9.12. The van der Waals surface area contributed by atoms with E-state index in [4.69, 9.17) is 0 Å². The fourth-order valence-electron chi connectivity index (χ4n) is 2.44. The van der Waals surface area contributed by atoms with Crippen LogP contribution in [-0.2, 0) is 0 Å². The van der Waals surface area contributed by atoms with E-state index in [0.717, 1.165) is 0 Å². The molecule has 0 fully saturated rings. The first-order valence-corrected chi connectivity index (χ1v) is 6.21. The van der Waals surface area contributed by atoms with Gasteiger partial charge in [-0.05, 0) is 24.0 Å². The minimum absolute atomic E-state index is 0.509. The van der Waals surface area contributed by atoms with E-state index in [1.54, 1.807) is 0 Å². The summed E-state index contributed by atoms with van der Waals surface area (Å²) in [5, 5.41) is 7.33. The molecule has 1 heterocycles. The van der Waals surface area contributed by atoms with Gasteiger partial charge in [-0.15, -0.1) is 0 Å². The fraction of sp³-hybridized carbons (Fsp3) is 0.571. The molecule has 1 aliphatic rings. The van der Waals surface area contributed by atoms with Gasteiger partial charge in [0.25, 0.3) is 0 Å². The minimum atomic E-state index is 0.509. The Balaban J connectivity index is 2.29. The van der Waals surface area contributed by atoms with E-state index in [9.17, 15) is 0 Å². The molecule has 0 saturated carbocycles. The van der Waals surface area contributed by atoms with Gasteiger partial charge in [-0.3, -0.25) is 0 Å². The highest BCUT2D eigenvalue weighted by molar-refractivity contribution is 5.71. The maximum Gasteiger partial charge on any atom is 0.0579 e. The molecule has 0 aliphatic carbocycles. The third kappa shape index (κ3) is 2.01. The van der Waals surface area contributed by atoms with Crippen LogP contribution >= 0.6 is 0 Å². The predicted octanol–water partition coefficient (Wildman–Crippen LogP) is 3.57. The van der Waals surface area contributed by atoms with Crippen molar-refractivity contribution in [3.05, 3.63) is 24.3 Å². The monoisotopic (exact) mass is 218 g/mol. The largest absolute Gasteiger partial charge is 0.378 e. The van der Waals surface area contributed by atoms with Crippen LogP contribution < -0.4 is 10.6 Å². The molecule has 0 aromatic heterocycles. The Hall–Kier alpha value is -1.18. The topological polar surface area (TPSA) is 24.1 Å². The Labute approximate surface area is 98.4 Å². The fourth-order valence-corrected chi connectivity index (χ4v) is 2.44. The molecule has 0 saturated heterocycles. The Morgan fingerprint density at radius 3 is 1.50 bits per heavy atom. The average Bonchev–Trinajstić information content (AvgIpc) is 2.27. The standard InChI is InChI=1S/C14H22N2/c1-9(2)13-14(10(3)4)16-12-8-6-5-7-11(12)15-13/h5-10,13-16H,1-4H3. The van der Waals surface area contributed by atoms with E-state index >= 15 is 0 Å². The molecule has 2 heteroatoms. The summed E-state index contributed by atoms with van der Waals surface area (Å²) in [7, 11) is 0. The van der Waals surface area contributed by atoms with Crippen LogP contribution in [0.2, 0.25) is 0 Å². The van der Waals surface area contributed by atoms with Crippen LogP contribution in [0, 0.1) is 11.8 Å². The molecule has 0 radical (unpaired) electrons. The summed E-state index contributed by atoms with van der Waals surface area (Å²) in [5.41, 5.74) is 2.47. The highest BCUT2D eigenvalue weighted by Gasteiger charge is 2.31. The Kier molecular flexibility index (Phi) is 3.08. The Morgan fingerprint density at radius 1 is 0.812 bits per heavy atom. The molecule has 2 unspecified atom stereocenters. The van der Waals surface area contributed by atoms with Crippen LogP contribution in [-0.4, -0.2) is 12.1 Å². The molecular weight excluding hydrogens is 196 g/mol. The van der Waals surface area contributed by atoms with Gasteiger partial charge in [0, 0.05) is 12.1 Å². The highest BCUT2D eigenvalue weighted by atomic mass is 15.1. The van der Waals surface area contributed by atoms with Crippen molar-refractivity contribution in [2.24, 2.45) is 11.8 Å². The molecule has 0 spiro atoms. The van der Waals surface area contributed by atoms with Crippen molar-refractivity contribution in [1.29, 1.82) is 0 Å². The first-order valence-electron chi connectivity index (χ1n) is 6.21. The average molecular weight is 218 g/mol. The summed E-state index contributed by atoms with van der Waals surface area (Å²) in [5.74, 6) is 1.27. The zero-order chi connectivity index (χ0) is 11.7. The summed E-state index contributed by atoms with van der Waals surface area (Å²) < 4.78 is 0. The van der Waals surface area contributed by atoms with Crippen LogP contribution in [0.1, 0.15) is 27.7 Å². The molecule has 88 valence electrons. The SMILES string of the molecule is CC(C)C1Nc2ccccc2NC1C(C)C. The lowest BCUT2D eigenvalue weighted by Gasteiger charge is -2.40. The zero-order valence-corrected chi connectivity index (χ0v) is 10.6. The number of rotatable bonds is 2. The van der Waals surface area contributed by atoms with E-state index in [1.807, 2.05) is 0 Å². The zero-order valence-electron chi connectivity index (χ0n) is 10.6. The third-order valence-electron chi connectivity index (χ3n) is 3.39. The van der Waals surface area contributed by atoms with Crippen molar-refractivity contribution in [1.82, 2.24) is 0 Å². The number of benzene rings is 1. The van der Waals surface area contributed by atoms with Crippen molar-refractivity contribution < 1.29 is 0 Å². The predicted molar refractivity (Wildman–Crippen MR) is 70.9 cm³/mol. The second kappa shape index (κ2) is 4.36. The van der Waals surface area contributed by atoms with Crippen LogP contribution in [0.15, 0.2) is 24.3 Å². The van der Waals surface area contributed by atoms with Crippen LogP contribution in [0.5, 0.6) is 0 Å². The number of fused-ring (bicyclic) bond motifs is 1. The van der Waals surface area contributed by atoms with Crippen LogP contribution in [0.4, 0.5) is 11.4 Å². The van der Waals surface area contributed by atoms with Gasteiger partial charge < -0.3 is 10.6 Å². The van der Waals surface area contributed by atoms with Crippen molar-refractivity contribution in [2.45, 2.75) is 39.8 Å². The number of hydrogen-bond donors (Lipinski definition) is 2. The Morgan fingerprint density at radius 2 is 1.19 bits per heavy atom. The molecule has 1 aromatic carbocycles. The van der Waals surface area contributed by atoms with Gasteiger partial charge in [-0.2, -0.15) is 0 Å². The van der Waals surface area contributed by atoms with Crippen molar-refractivity contribution in [3.63, 3.8) is 0 Å². The third-order valence-corrected chi connectivity index (χ3v) is 3.39.